The summed E-state index contributed by atoms with van der Waals surface area (Å²) in [7, 11) is 0. The van der Waals surface area contributed by atoms with Crippen LogP contribution in [0, 0.1) is 11.8 Å². The minimum absolute atomic E-state index is 0.718. The Balaban J connectivity index is 1.93. The van der Waals surface area contributed by atoms with E-state index in [9.17, 15) is 0 Å². The second-order valence-corrected chi connectivity index (χ2v) is 6.35. The molecular formula is C14H24N2S. The summed E-state index contributed by atoms with van der Waals surface area (Å²) in [6.45, 7) is 5.80. The molecule has 1 saturated carbocycles. The highest BCUT2D eigenvalue weighted by Gasteiger charge is 2.28. The summed E-state index contributed by atoms with van der Waals surface area (Å²) in [4.78, 5) is 4.44. The van der Waals surface area contributed by atoms with Crippen LogP contribution in [-0.2, 0) is 6.42 Å². The van der Waals surface area contributed by atoms with Crippen molar-refractivity contribution < 1.29 is 0 Å². The Bertz CT molecular complexity index is 308. The van der Waals surface area contributed by atoms with Crippen molar-refractivity contribution in [3.05, 3.63) is 16.6 Å². The van der Waals surface area contributed by atoms with Crippen molar-refractivity contribution in [2.45, 2.75) is 52.0 Å². The lowest BCUT2D eigenvalue weighted by atomic mass is 9.77. The summed E-state index contributed by atoms with van der Waals surface area (Å²) >= 11 is 1.80. The van der Waals surface area contributed by atoms with E-state index in [1.165, 1.54) is 37.1 Å². The van der Waals surface area contributed by atoms with Crippen molar-refractivity contribution in [1.29, 1.82) is 0 Å². The Kier molecular flexibility index (Phi) is 4.99. The van der Waals surface area contributed by atoms with Gasteiger partial charge in [0.05, 0.1) is 5.01 Å². The topological polar surface area (TPSA) is 24.9 Å². The minimum atomic E-state index is 0.718. The van der Waals surface area contributed by atoms with E-state index in [4.69, 9.17) is 0 Å². The normalized spacial score (nSPS) is 29.4. The Hall–Kier alpha value is -0.410. The van der Waals surface area contributed by atoms with Gasteiger partial charge in [-0.25, -0.2) is 4.98 Å². The first kappa shape index (κ1) is 13.0. The summed E-state index contributed by atoms with van der Waals surface area (Å²) in [6, 6.07) is 0.718. The zero-order valence-electron chi connectivity index (χ0n) is 11.0. The van der Waals surface area contributed by atoms with Crippen LogP contribution in [0.1, 0.15) is 44.5 Å². The van der Waals surface area contributed by atoms with Gasteiger partial charge in [-0.05, 0) is 44.1 Å². The Morgan fingerprint density at radius 1 is 1.47 bits per heavy atom. The van der Waals surface area contributed by atoms with Crippen molar-refractivity contribution in [2.24, 2.45) is 11.8 Å². The maximum atomic E-state index is 4.44. The third kappa shape index (κ3) is 3.78. The molecule has 96 valence electrons. The van der Waals surface area contributed by atoms with E-state index in [0.29, 0.717) is 0 Å². The molecule has 17 heavy (non-hydrogen) atoms. The lowest BCUT2D eigenvalue weighted by Gasteiger charge is -2.35. The average molecular weight is 252 g/mol. The van der Waals surface area contributed by atoms with Gasteiger partial charge in [0, 0.05) is 24.0 Å². The monoisotopic (exact) mass is 252 g/mol. The number of rotatable bonds is 5. The molecule has 0 amide bonds. The zero-order valence-corrected chi connectivity index (χ0v) is 11.8. The predicted octanol–water partition coefficient (Wildman–Crippen LogP) is 3.49. The van der Waals surface area contributed by atoms with Gasteiger partial charge in [-0.1, -0.05) is 13.8 Å². The van der Waals surface area contributed by atoms with Gasteiger partial charge in [0.25, 0.3) is 0 Å². The molecule has 1 aromatic rings. The fraction of sp³-hybridized carbons (Fsp3) is 0.786. The van der Waals surface area contributed by atoms with E-state index >= 15 is 0 Å². The van der Waals surface area contributed by atoms with E-state index in [1.807, 2.05) is 6.20 Å². The molecule has 0 bridgehead atoms. The van der Waals surface area contributed by atoms with E-state index in [-0.39, 0.29) is 0 Å². The third-order valence-corrected chi connectivity index (χ3v) is 4.62. The van der Waals surface area contributed by atoms with Crippen LogP contribution in [0.4, 0.5) is 0 Å². The molecule has 3 atom stereocenters. The molecule has 0 saturated heterocycles. The molecule has 0 aromatic carbocycles. The second kappa shape index (κ2) is 6.50. The number of nitrogens with one attached hydrogen (secondary N) is 1. The van der Waals surface area contributed by atoms with Crippen LogP contribution in [0.5, 0.6) is 0 Å². The molecular weight excluding hydrogens is 228 g/mol. The molecule has 1 fully saturated rings. The average Bonchev–Trinajstić information content (AvgIpc) is 2.81. The lowest BCUT2D eigenvalue weighted by Crippen LogP contribution is -2.41. The quantitative estimate of drug-likeness (QED) is 0.867. The van der Waals surface area contributed by atoms with Gasteiger partial charge in [0.1, 0.15) is 0 Å². The molecule has 0 aliphatic heterocycles. The Morgan fingerprint density at radius 2 is 2.35 bits per heavy atom. The maximum absolute atomic E-state index is 4.44. The summed E-state index contributed by atoms with van der Waals surface area (Å²) in [6.07, 6.45) is 8.42. The largest absolute Gasteiger partial charge is 0.314 e. The van der Waals surface area contributed by atoms with Gasteiger partial charge >= 0.3 is 0 Å². The molecule has 1 N–H and O–H groups in total. The summed E-state index contributed by atoms with van der Waals surface area (Å²) in [5.41, 5.74) is 0. The third-order valence-electron chi connectivity index (χ3n) is 3.82. The van der Waals surface area contributed by atoms with Crippen LogP contribution < -0.4 is 5.32 Å². The highest BCUT2D eigenvalue weighted by Crippen LogP contribution is 2.31. The van der Waals surface area contributed by atoms with Crippen molar-refractivity contribution in [1.82, 2.24) is 10.3 Å². The predicted molar refractivity (Wildman–Crippen MR) is 74.4 cm³/mol. The van der Waals surface area contributed by atoms with E-state index < -0.39 is 0 Å². The number of thiazole rings is 1. The van der Waals surface area contributed by atoms with Crippen molar-refractivity contribution >= 4 is 11.3 Å². The second-order valence-electron chi connectivity index (χ2n) is 5.37. The highest BCUT2D eigenvalue weighted by molar-refractivity contribution is 7.09. The number of aromatic nitrogens is 1. The number of hydrogen-bond donors (Lipinski definition) is 1. The number of hydrogen-bond acceptors (Lipinski definition) is 3. The first-order valence-corrected chi connectivity index (χ1v) is 7.79. The van der Waals surface area contributed by atoms with E-state index in [1.54, 1.807) is 11.3 Å². The standard InChI is InChI=1S/C14H24N2S/c1-3-6-15-13-5-4-11(2)9-12(13)10-14-16-7-8-17-14/h7-8,11-13,15H,3-6,9-10H2,1-2H3. The van der Waals surface area contributed by atoms with Crippen LogP contribution in [-0.4, -0.2) is 17.6 Å². The molecule has 0 radical (unpaired) electrons. The summed E-state index contributed by atoms with van der Waals surface area (Å²) < 4.78 is 0. The fourth-order valence-corrected chi connectivity index (χ4v) is 3.61. The van der Waals surface area contributed by atoms with Gasteiger partial charge in [-0.2, -0.15) is 0 Å². The van der Waals surface area contributed by atoms with Crippen molar-refractivity contribution in [2.75, 3.05) is 6.54 Å². The first-order chi connectivity index (χ1) is 8.29. The van der Waals surface area contributed by atoms with Crippen LogP contribution in [0.3, 0.4) is 0 Å². The molecule has 1 heterocycles. The van der Waals surface area contributed by atoms with E-state index in [2.05, 4.69) is 29.5 Å². The molecule has 1 aliphatic rings. The Morgan fingerprint density at radius 3 is 3.06 bits per heavy atom. The molecule has 0 spiro atoms. The SMILES string of the molecule is CCCNC1CCC(C)CC1Cc1nccs1. The van der Waals surface area contributed by atoms with Gasteiger partial charge < -0.3 is 5.32 Å². The van der Waals surface area contributed by atoms with Gasteiger partial charge in [-0.3, -0.25) is 0 Å². The lowest BCUT2D eigenvalue weighted by molar-refractivity contribution is 0.212. The Labute approximate surface area is 109 Å². The van der Waals surface area contributed by atoms with Gasteiger partial charge in [0.15, 0.2) is 0 Å². The highest BCUT2D eigenvalue weighted by atomic mass is 32.1. The molecule has 3 heteroatoms. The van der Waals surface area contributed by atoms with Crippen molar-refractivity contribution in [3.8, 4) is 0 Å². The first-order valence-electron chi connectivity index (χ1n) is 6.91. The number of nitrogens with zero attached hydrogens (tertiary/aromatic N) is 1. The molecule has 1 aliphatic carbocycles. The van der Waals surface area contributed by atoms with E-state index in [0.717, 1.165) is 24.4 Å². The maximum Gasteiger partial charge on any atom is 0.0928 e. The smallest absolute Gasteiger partial charge is 0.0928 e. The van der Waals surface area contributed by atoms with Gasteiger partial charge in [-0.15, -0.1) is 11.3 Å². The van der Waals surface area contributed by atoms with Crippen LogP contribution >= 0.6 is 11.3 Å². The van der Waals surface area contributed by atoms with Crippen LogP contribution in [0.2, 0.25) is 0 Å². The van der Waals surface area contributed by atoms with Crippen molar-refractivity contribution in [3.63, 3.8) is 0 Å². The summed E-state index contributed by atoms with van der Waals surface area (Å²) in [5, 5.41) is 7.14. The molecule has 2 nitrogen and oxygen atoms in total. The zero-order chi connectivity index (χ0) is 12.1. The van der Waals surface area contributed by atoms with Crippen LogP contribution in [0.15, 0.2) is 11.6 Å². The van der Waals surface area contributed by atoms with Gasteiger partial charge in [0.2, 0.25) is 0 Å². The minimum Gasteiger partial charge on any atom is -0.314 e. The summed E-state index contributed by atoms with van der Waals surface area (Å²) in [5.74, 6) is 1.68. The van der Waals surface area contributed by atoms with Crippen LogP contribution in [0.25, 0.3) is 0 Å². The molecule has 2 rings (SSSR count). The molecule has 1 aromatic heterocycles. The fourth-order valence-electron chi connectivity index (χ4n) is 2.90. The molecule has 3 unspecified atom stereocenters.